The van der Waals surface area contributed by atoms with Gasteiger partial charge in [-0.05, 0) is 38.8 Å². The molecular formula is C18H26F3N3O2. The van der Waals surface area contributed by atoms with Crippen molar-refractivity contribution in [2.45, 2.75) is 53.3 Å². The van der Waals surface area contributed by atoms with Gasteiger partial charge in [-0.15, -0.1) is 0 Å². The fourth-order valence-electron chi connectivity index (χ4n) is 1.62. The molecule has 1 amide bonds. The van der Waals surface area contributed by atoms with Crippen LogP contribution in [0.2, 0.25) is 0 Å². The number of hydrogen-bond donors (Lipinski definition) is 1. The lowest BCUT2D eigenvalue weighted by Gasteiger charge is -2.19. The van der Waals surface area contributed by atoms with Gasteiger partial charge in [0.1, 0.15) is 5.60 Å². The third-order valence-corrected chi connectivity index (χ3v) is 2.64. The quantitative estimate of drug-likeness (QED) is 0.754. The van der Waals surface area contributed by atoms with Crippen molar-refractivity contribution in [3.8, 4) is 0 Å². The number of alkyl halides is 3. The summed E-state index contributed by atoms with van der Waals surface area (Å²) in [5.41, 5.74) is 1.01. The monoisotopic (exact) mass is 373 g/mol. The SMILES string of the molecule is C=C(/C=C(\C)c1cnc(C(F)(F)F)nc1)CNC(=O)OC(C)(C)C.CC. The number of hydrogen-bond acceptors (Lipinski definition) is 4. The molecule has 1 rings (SSSR count). The predicted molar refractivity (Wildman–Crippen MR) is 95.4 cm³/mol. The van der Waals surface area contributed by atoms with E-state index in [-0.39, 0.29) is 6.54 Å². The molecule has 8 heteroatoms. The summed E-state index contributed by atoms with van der Waals surface area (Å²) in [6.07, 6.45) is -1.33. The predicted octanol–water partition coefficient (Wildman–Crippen LogP) is 5.01. The van der Waals surface area contributed by atoms with E-state index in [1.807, 2.05) is 13.8 Å². The molecule has 26 heavy (non-hydrogen) atoms. The summed E-state index contributed by atoms with van der Waals surface area (Å²) in [6, 6.07) is 0. The molecule has 0 radical (unpaired) electrons. The molecule has 0 fully saturated rings. The molecule has 0 atom stereocenters. The molecule has 1 aromatic heterocycles. The van der Waals surface area contributed by atoms with Crippen molar-refractivity contribution in [2.75, 3.05) is 6.54 Å². The largest absolute Gasteiger partial charge is 0.451 e. The van der Waals surface area contributed by atoms with Gasteiger partial charge in [0.2, 0.25) is 5.82 Å². The Bertz CT molecular complexity index is 631. The molecule has 0 aromatic carbocycles. The number of ether oxygens (including phenoxy) is 1. The lowest BCUT2D eigenvalue weighted by Crippen LogP contribution is -2.33. The van der Waals surface area contributed by atoms with Crippen LogP contribution in [0.1, 0.15) is 52.9 Å². The normalized spacial score (nSPS) is 12.0. The summed E-state index contributed by atoms with van der Waals surface area (Å²) < 4.78 is 42.3. The average molecular weight is 373 g/mol. The van der Waals surface area contributed by atoms with Crippen LogP contribution in [0.15, 0.2) is 30.6 Å². The van der Waals surface area contributed by atoms with Crippen molar-refractivity contribution in [1.82, 2.24) is 15.3 Å². The highest BCUT2D eigenvalue weighted by Gasteiger charge is 2.34. The summed E-state index contributed by atoms with van der Waals surface area (Å²) in [5.74, 6) is -1.19. The van der Waals surface area contributed by atoms with E-state index in [4.69, 9.17) is 4.74 Å². The van der Waals surface area contributed by atoms with E-state index >= 15 is 0 Å². The van der Waals surface area contributed by atoms with Crippen molar-refractivity contribution < 1.29 is 22.7 Å². The van der Waals surface area contributed by atoms with Crippen LogP contribution in [-0.2, 0) is 10.9 Å². The van der Waals surface area contributed by atoms with Crippen molar-refractivity contribution in [1.29, 1.82) is 0 Å². The minimum Gasteiger partial charge on any atom is -0.444 e. The molecule has 0 unspecified atom stereocenters. The number of rotatable bonds is 4. The molecule has 0 bridgehead atoms. The molecule has 0 saturated carbocycles. The molecule has 0 aliphatic carbocycles. The number of carbonyl (C=O) groups excluding carboxylic acids is 1. The molecule has 146 valence electrons. The Hall–Kier alpha value is -2.38. The average Bonchev–Trinajstić information content (AvgIpc) is 2.52. The zero-order valence-electron chi connectivity index (χ0n) is 16.0. The Morgan fingerprint density at radius 3 is 2.15 bits per heavy atom. The van der Waals surface area contributed by atoms with Crippen LogP contribution in [0.5, 0.6) is 0 Å². The Kier molecular flexibility index (Phi) is 9.03. The number of nitrogens with one attached hydrogen (secondary N) is 1. The van der Waals surface area contributed by atoms with Gasteiger partial charge in [0.15, 0.2) is 0 Å². The Morgan fingerprint density at radius 1 is 1.23 bits per heavy atom. The smallest absolute Gasteiger partial charge is 0.444 e. The third-order valence-electron chi connectivity index (χ3n) is 2.64. The number of alkyl carbamates (subject to hydrolysis) is 1. The first kappa shape index (κ1) is 23.6. The highest BCUT2D eigenvalue weighted by atomic mass is 19.4. The fourth-order valence-corrected chi connectivity index (χ4v) is 1.62. The summed E-state index contributed by atoms with van der Waals surface area (Å²) in [7, 11) is 0. The van der Waals surface area contributed by atoms with E-state index in [0.717, 1.165) is 12.4 Å². The zero-order chi connectivity index (χ0) is 20.5. The molecule has 5 nitrogen and oxygen atoms in total. The second kappa shape index (κ2) is 9.94. The second-order valence-corrected chi connectivity index (χ2v) is 6.13. The number of halogens is 3. The minimum atomic E-state index is -4.57. The first-order valence-corrected chi connectivity index (χ1v) is 8.11. The Morgan fingerprint density at radius 2 is 1.73 bits per heavy atom. The standard InChI is InChI=1S/C16H20F3N3O2.C2H6/c1-10(7-22-14(23)24-15(3,4)5)6-11(2)12-8-20-13(21-9-12)16(17,18)19;1-2/h6,8-9H,1,7H2,2-5H3,(H,22,23);1-2H3/b11-6+;. The molecule has 0 spiro atoms. The lowest BCUT2D eigenvalue weighted by molar-refractivity contribution is -0.145. The van der Waals surface area contributed by atoms with Gasteiger partial charge in [0, 0.05) is 24.5 Å². The number of aromatic nitrogens is 2. The van der Waals surface area contributed by atoms with Crippen molar-refractivity contribution in [3.05, 3.63) is 42.0 Å². The molecule has 1 aromatic rings. The van der Waals surface area contributed by atoms with Gasteiger partial charge in [-0.1, -0.05) is 26.5 Å². The minimum absolute atomic E-state index is 0.147. The lowest BCUT2D eigenvalue weighted by atomic mass is 10.1. The summed E-state index contributed by atoms with van der Waals surface area (Å²) in [5, 5.41) is 2.54. The summed E-state index contributed by atoms with van der Waals surface area (Å²) >= 11 is 0. The molecule has 0 aliphatic heterocycles. The maximum Gasteiger partial charge on any atom is 0.451 e. The van der Waals surface area contributed by atoms with E-state index in [2.05, 4.69) is 21.9 Å². The van der Waals surface area contributed by atoms with Gasteiger partial charge in [-0.3, -0.25) is 0 Å². The van der Waals surface area contributed by atoms with E-state index in [0.29, 0.717) is 16.7 Å². The fraction of sp³-hybridized carbons (Fsp3) is 0.500. The topological polar surface area (TPSA) is 64.1 Å². The molecule has 1 heterocycles. The number of amides is 1. The van der Waals surface area contributed by atoms with E-state index < -0.39 is 23.7 Å². The first-order chi connectivity index (χ1) is 11.9. The van der Waals surface area contributed by atoms with Crippen LogP contribution in [0.3, 0.4) is 0 Å². The number of allylic oxidation sites excluding steroid dienone is 1. The van der Waals surface area contributed by atoms with E-state index in [1.165, 1.54) is 0 Å². The molecule has 1 N–H and O–H groups in total. The number of nitrogens with zero attached hydrogens (tertiary/aromatic N) is 2. The van der Waals surface area contributed by atoms with Crippen molar-refractivity contribution in [3.63, 3.8) is 0 Å². The molecular weight excluding hydrogens is 347 g/mol. The zero-order valence-corrected chi connectivity index (χ0v) is 16.0. The summed E-state index contributed by atoms with van der Waals surface area (Å²) in [6.45, 7) is 14.8. The highest BCUT2D eigenvalue weighted by Crippen LogP contribution is 2.26. The first-order valence-electron chi connectivity index (χ1n) is 8.11. The van der Waals surface area contributed by atoms with Crippen LogP contribution >= 0.6 is 0 Å². The van der Waals surface area contributed by atoms with Crippen LogP contribution in [-0.4, -0.2) is 28.2 Å². The van der Waals surface area contributed by atoms with Gasteiger partial charge in [0.25, 0.3) is 0 Å². The number of carbonyl (C=O) groups is 1. The second-order valence-electron chi connectivity index (χ2n) is 6.13. The third kappa shape index (κ3) is 9.19. The molecule has 0 aliphatic rings. The Balaban J connectivity index is 0.00000301. The van der Waals surface area contributed by atoms with Gasteiger partial charge >= 0.3 is 12.3 Å². The van der Waals surface area contributed by atoms with Gasteiger partial charge in [0.05, 0.1) is 0 Å². The van der Waals surface area contributed by atoms with Gasteiger partial charge in [-0.2, -0.15) is 13.2 Å². The summed E-state index contributed by atoms with van der Waals surface area (Å²) in [4.78, 5) is 18.1. The maximum absolute atomic E-state index is 12.4. The van der Waals surface area contributed by atoms with Crippen molar-refractivity contribution in [2.24, 2.45) is 0 Å². The molecule has 0 saturated heterocycles. The Labute approximate surface area is 152 Å². The van der Waals surface area contributed by atoms with Crippen LogP contribution < -0.4 is 5.32 Å². The van der Waals surface area contributed by atoms with Crippen LogP contribution in [0.4, 0.5) is 18.0 Å². The maximum atomic E-state index is 12.4. The van der Waals surface area contributed by atoms with E-state index in [9.17, 15) is 18.0 Å². The van der Waals surface area contributed by atoms with Gasteiger partial charge in [-0.25, -0.2) is 14.8 Å². The highest BCUT2D eigenvalue weighted by molar-refractivity contribution is 5.69. The van der Waals surface area contributed by atoms with Crippen molar-refractivity contribution >= 4 is 11.7 Å². The van der Waals surface area contributed by atoms with E-state index in [1.54, 1.807) is 33.8 Å². The van der Waals surface area contributed by atoms with Gasteiger partial charge < -0.3 is 10.1 Å². The van der Waals surface area contributed by atoms with Crippen LogP contribution in [0, 0.1) is 0 Å². The van der Waals surface area contributed by atoms with Crippen LogP contribution in [0.25, 0.3) is 5.57 Å².